The molecular formula is C9H14F2. The minimum Gasteiger partial charge on any atom is -0.246 e. The first-order valence-corrected chi connectivity index (χ1v) is 3.75. The van der Waals surface area contributed by atoms with Crippen LogP contribution in [0.3, 0.4) is 0 Å². The lowest BCUT2D eigenvalue weighted by Crippen LogP contribution is -1.81. The van der Waals surface area contributed by atoms with Gasteiger partial charge >= 0.3 is 0 Å². The van der Waals surface area contributed by atoms with E-state index in [0.29, 0.717) is 5.92 Å². The Hall–Kier alpha value is -0.660. The highest BCUT2D eigenvalue weighted by Crippen LogP contribution is 2.04. The van der Waals surface area contributed by atoms with Crippen molar-refractivity contribution in [2.45, 2.75) is 20.3 Å². The van der Waals surface area contributed by atoms with Crippen LogP contribution < -0.4 is 0 Å². The first-order valence-electron chi connectivity index (χ1n) is 3.75. The van der Waals surface area contributed by atoms with Gasteiger partial charge < -0.3 is 0 Å². The maximum atomic E-state index is 12.4. The fraction of sp³-hybridized carbons (Fsp3) is 0.556. The molecule has 0 aliphatic carbocycles. The average molecular weight is 160 g/mol. The van der Waals surface area contributed by atoms with Gasteiger partial charge in [0.25, 0.3) is 0 Å². The number of alkyl halides is 1. The van der Waals surface area contributed by atoms with Gasteiger partial charge in [-0.05, 0) is 24.5 Å². The van der Waals surface area contributed by atoms with E-state index in [0.717, 1.165) is 12.5 Å². The molecule has 0 bridgehead atoms. The van der Waals surface area contributed by atoms with E-state index in [4.69, 9.17) is 0 Å². The van der Waals surface area contributed by atoms with Crippen LogP contribution in [0.2, 0.25) is 0 Å². The Morgan fingerprint density at radius 3 is 2.55 bits per heavy atom. The van der Waals surface area contributed by atoms with Gasteiger partial charge in [0, 0.05) is 0 Å². The molecule has 0 atom stereocenters. The van der Waals surface area contributed by atoms with Crippen LogP contribution in [-0.4, -0.2) is 6.67 Å². The normalized spacial score (nSPS) is 13.4. The van der Waals surface area contributed by atoms with Gasteiger partial charge in [0.15, 0.2) is 0 Å². The summed E-state index contributed by atoms with van der Waals surface area (Å²) in [6.45, 7) is 3.35. The SMILES string of the molecule is CC(C)C/C=C\C(F)=C/CF. The first kappa shape index (κ1) is 10.3. The van der Waals surface area contributed by atoms with E-state index in [-0.39, 0.29) is 0 Å². The predicted octanol–water partition coefficient (Wildman–Crippen LogP) is 3.41. The Bertz CT molecular complexity index is 146. The standard InChI is InChI=1S/C9H14F2/c1-8(2)4-3-5-9(11)6-7-10/h3,5-6,8H,4,7H2,1-2H3/b5-3-,9-6+. The van der Waals surface area contributed by atoms with Crippen LogP contribution in [0, 0.1) is 5.92 Å². The molecule has 0 aliphatic rings. The third kappa shape index (κ3) is 7.23. The summed E-state index contributed by atoms with van der Waals surface area (Å²) >= 11 is 0. The minimum absolute atomic E-state index is 0.492. The van der Waals surface area contributed by atoms with Gasteiger partial charge in [-0.3, -0.25) is 0 Å². The summed E-state index contributed by atoms with van der Waals surface area (Å²) in [7, 11) is 0. The second-order valence-corrected chi connectivity index (χ2v) is 2.78. The zero-order valence-electron chi connectivity index (χ0n) is 6.98. The fourth-order valence-electron chi connectivity index (χ4n) is 0.595. The Kier molecular flexibility index (Phi) is 5.71. The number of rotatable bonds is 4. The molecule has 0 saturated heterocycles. The quantitative estimate of drug-likeness (QED) is 0.553. The summed E-state index contributed by atoms with van der Waals surface area (Å²) in [6.07, 6.45) is 4.76. The molecule has 0 fully saturated rings. The van der Waals surface area contributed by atoms with Crippen molar-refractivity contribution in [3.63, 3.8) is 0 Å². The highest BCUT2D eigenvalue weighted by Gasteiger charge is 1.89. The summed E-state index contributed by atoms with van der Waals surface area (Å²) in [6, 6.07) is 0. The van der Waals surface area contributed by atoms with E-state index < -0.39 is 12.5 Å². The Morgan fingerprint density at radius 2 is 2.09 bits per heavy atom. The van der Waals surface area contributed by atoms with Crippen molar-refractivity contribution >= 4 is 0 Å². The van der Waals surface area contributed by atoms with E-state index in [1.165, 1.54) is 6.08 Å². The van der Waals surface area contributed by atoms with Crippen molar-refractivity contribution in [2.75, 3.05) is 6.67 Å². The first-order chi connectivity index (χ1) is 5.16. The second kappa shape index (κ2) is 6.08. The molecule has 0 aromatic heterocycles. The highest BCUT2D eigenvalue weighted by atomic mass is 19.1. The lowest BCUT2D eigenvalue weighted by Gasteiger charge is -1.95. The van der Waals surface area contributed by atoms with Gasteiger partial charge in [0.1, 0.15) is 12.5 Å². The molecule has 2 heteroatoms. The van der Waals surface area contributed by atoms with Crippen molar-refractivity contribution in [1.29, 1.82) is 0 Å². The summed E-state index contributed by atoms with van der Waals surface area (Å²) in [5.41, 5.74) is 0. The molecule has 0 amide bonds. The molecular weight excluding hydrogens is 146 g/mol. The number of hydrogen-bond donors (Lipinski definition) is 0. The highest BCUT2D eigenvalue weighted by molar-refractivity contribution is 5.10. The van der Waals surface area contributed by atoms with Crippen LogP contribution in [0.4, 0.5) is 8.78 Å². The molecule has 0 aliphatic heterocycles. The van der Waals surface area contributed by atoms with E-state index in [1.54, 1.807) is 6.08 Å². The van der Waals surface area contributed by atoms with Crippen LogP contribution in [-0.2, 0) is 0 Å². The van der Waals surface area contributed by atoms with Gasteiger partial charge in [-0.15, -0.1) is 0 Å². The molecule has 11 heavy (non-hydrogen) atoms. The Morgan fingerprint density at radius 1 is 1.45 bits per heavy atom. The lowest BCUT2D eigenvalue weighted by atomic mass is 10.1. The van der Waals surface area contributed by atoms with Gasteiger partial charge in [-0.1, -0.05) is 19.9 Å². The largest absolute Gasteiger partial charge is 0.246 e. The van der Waals surface area contributed by atoms with Crippen molar-refractivity contribution in [1.82, 2.24) is 0 Å². The van der Waals surface area contributed by atoms with Crippen molar-refractivity contribution < 1.29 is 8.78 Å². The third-order valence-corrected chi connectivity index (χ3v) is 1.16. The Balaban J connectivity index is 3.65. The van der Waals surface area contributed by atoms with Crippen LogP contribution in [0.1, 0.15) is 20.3 Å². The molecule has 64 valence electrons. The maximum Gasteiger partial charge on any atom is 0.121 e. The molecule has 0 nitrogen and oxygen atoms in total. The van der Waals surface area contributed by atoms with Crippen molar-refractivity contribution in [3.8, 4) is 0 Å². The van der Waals surface area contributed by atoms with Crippen molar-refractivity contribution in [2.24, 2.45) is 5.92 Å². The summed E-state index contributed by atoms with van der Waals surface area (Å²) < 4.78 is 23.9. The maximum absolute atomic E-state index is 12.4. The molecule has 0 rings (SSSR count). The molecule has 0 heterocycles. The Labute approximate surface area is 66.6 Å². The minimum atomic E-state index is -0.738. The van der Waals surface area contributed by atoms with Crippen LogP contribution in [0.25, 0.3) is 0 Å². The molecule has 0 spiro atoms. The molecule has 0 saturated carbocycles. The van der Waals surface area contributed by atoms with Gasteiger partial charge in [-0.25, -0.2) is 8.78 Å². The number of halogens is 2. The molecule has 0 N–H and O–H groups in total. The molecule has 0 radical (unpaired) electrons. The lowest BCUT2D eigenvalue weighted by molar-refractivity contribution is 0.547. The molecule has 0 unspecified atom stereocenters. The van der Waals surface area contributed by atoms with Gasteiger partial charge in [0.2, 0.25) is 0 Å². The van der Waals surface area contributed by atoms with E-state index in [2.05, 4.69) is 0 Å². The molecule has 0 aromatic rings. The summed E-state index contributed by atoms with van der Waals surface area (Å²) in [5, 5.41) is 0. The zero-order chi connectivity index (χ0) is 8.69. The van der Waals surface area contributed by atoms with Crippen molar-refractivity contribution in [3.05, 3.63) is 24.1 Å². The number of hydrogen-bond acceptors (Lipinski definition) is 0. The zero-order valence-corrected chi connectivity index (χ0v) is 6.98. The van der Waals surface area contributed by atoms with Crippen LogP contribution in [0.15, 0.2) is 24.1 Å². The third-order valence-electron chi connectivity index (χ3n) is 1.16. The molecule has 0 aromatic carbocycles. The monoisotopic (exact) mass is 160 g/mol. The average Bonchev–Trinajstić information content (AvgIpc) is 1.87. The summed E-state index contributed by atoms with van der Waals surface area (Å²) in [4.78, 5) is 0. The number of allylic oxidation sites excluding steroid dienone is 4. The van der Waals surface area contributed by atoms with Gasteiger partial charge in [-0.2, -0.15) is 0 Å². The van der Waals surface area contributed by atoms with E-state index in [9.17, 15) is 8.78 Å². The predicted molar refractivity (Wildman–Crippen MR) is 43.8 cm³/mol. The van der Waals surface area contributed by atoms with E-state index in [1.807, 2.05) is 13.8 Å². The topological polar surface area (TPSA) is 0 Å². The van der Waals surface area contributed by atoms with Gasteiger partial charge in [0.05, 0.1) is 0 Å². The van der Waals surface area contributed by atoms with Crippen LogP contribution in [0.5, 0.6) is 0 Å². The fourth-order valence-corrected chi connectivity index (χ4v) is 0.595. The van der Waals surface area contributed by atoms with Crippen LogP contribution >= 0.6 is 0 Å². The second-order valence-electron chi connectivity index (χ2n) is 2.78. The van der Waals surface area contributed by atoms with E-state index >= 15 is 0 Å². The smallest absolute Gasteiger partial charge is 0.121 e. The summed E-state index contributed by atoms with van der Waals surface area (Å²) in [5.74, 6) is 0.0255.